The molecule has 0 spiro atoms. The second kappa shape index (κ2) is 7.41. The average molecular weight is 373 g/mol. The van der Waals surface area contributed by atoms with Gasteiger partial charge in [0.05, 0.1) is 6.04 Å². The van der Waals surface area contributed by atoms with Crippen molar-refractivity contribution in [1.82, 2.24) is 16.0 Å². The maximum atomic E-state index is 12.9. The Morgan fingerprint density at radius 3 is 2.52 bits per heavy atom. The van der Waals surface area contributed by atoms with E-state index >= 15 is 0 Å². The van der Waals surface area contributed by atoms with Gasteiger partial charge in [-0.3, -0.25) is 4.79 Å². The zero-order valence-electron chi connectivity index (χ0n) is 16.8. The van der Waals surface area contributed by atoms with E-state index in [0.29, 0.717) is 19.3 Å². The van der Waals surface area contributed by atoms with Crippen molar-refractivity contribution in [2.75, 3.05) is 7.05 Å². The van der Waals surface area contributed by atoms with Crippen LogP contribution < -0.4 is 20.7 Å². The number of benzene rings is 1. The predicted octanol–water partition coefficient (Wildman–Crippen LogP) is 3.35. The van der Waals surface area contributed by atoms with E-state index in [1.54, 1.807) is 7.05 Å². The number of hydrogen-bond donors (Lipinski definition) is 3. The number of ether oxygens (including phenoxy) is 1. The van der Waals surface area contributed by atoms with E-state index in [-0.39, 0.29) is 23.6 Å². The smallest absolute Gasteiger partial charge is 0.316 e. The maximum Gasteiger partial charge on any atom is 0.316 e. The number of fused-ring (bicyclic) bond motifs is 1. The van der Waals surface area contributed by atoms with Crippen molar-refractivity contribution in [2.24, 2.45) is 0 Å². The van der Waals surface area contributed by atoms with Crippen molar-refractivity contribution < 1.29 is 14.3 Å². The van der Waals surface area contributed by atoms with E-state index in [4.69, 9.17) is 4.74 Å². The van der Waals surface area contributed by atoms with Crippen molar-refractivity contribution in [3.8, 4) is 5.75 Å². The fraction of sp³-hybridized carbons (Fsp3) is 0.619. The van der Waals surface area contributed by atoms with Gasteiger partial charge >= 0.3 is 6.03 Å². The van der Waals surface area contributed by atoms with Gasteiger partial charge in [0.1, 0.15) is 16.9 Å². The van der Waals surface area contributed by atoms with Crippen LogP contribution in [0.1, 0.15) is 69.5 Å². The second-order valence-corrected chi connectivity index (χ2v) is 8.48. The molecule has 148 valence electrons. The lowest BCUT2D eigenvalue weighted by Crippen LogP contribution is -2.61. The van der Waals surface area contributed by atoms with Crippen molar-refractivity contribution in [1.29, 1.82) is 0 Å². The molecule has 6 heteroatoms. The highest BCUT2D eigenvalue weighted by atomic mass is 16.5. The third kappa shape index (κ3) is 4.20. The van der Waals surface area contributed by atoms with Gasteiger partial charge in [-0.05, 0) is 39.7 Å². The molecule has 27 heavy (non-hydrogen) atoms. The molecule has 1 aliphatic carbocycles. The molecule has 1 fully saturated rings. The van der Waals surface area contributed by atoms with Crippen LogP contribution in [0.4, 0.5) is 4.79 Å². The number of amides is 3. The molecule has 3 rings (SSSR count). The summed E-state index contributed by atoms with van der Waals surface area (Å²) in [5, 5.41) is 8.82. The molecular weight excluding hydrogens is 342 g/mol. The first-order chi connectivity index (χ1) is 12.7. The van der Waals surface area contributed by atoms with E-state index < -0.39 is 5.54 Å². The van der Waals surface area contributed by atoms with Crippen molar-refractivity contribution in [3.63, 3.8) is 0 Å². The van der Waals surface area contributed by atoms with Gasteiger partial charge < -0.3 is 20.7 Å². The quantitative estimate of drug-likeness (QED) is 0.760. The van der Waals surface area contributed by atoms with Crippen molar-refractivity contribution in [3.05, 3.63) is 29.3 Å². The Bertz CT molecular complexity index is 723. The van der Waals surface area contributed by atoms with E-state index in [1.165, 1.54) is 0 Å². The molecule has 0 saturated heterocycles. The second-order valence-electron chi connectivity index (χ2n) is 8.48. The molecule has 1 aromatic rings. The zero-order chi connectivity index (χ0) is 19.7. The summed E-state index contributed by atoms with van der Waals surface area (Å²) in [4.78, 5) is 25.4. The molecule has 6 nitrogen and oxygen atoms in total. The third-order valence-corrected chi connectivity index (χ3v) is 5.65. The SMILES string of the molecule is CNC(=O)C1(NC(=O)N[C@@H]2CC(C)(C)Oc3ccc(C)cc32)CCCCC1. The summed E-state index contributed by atoms with van der Waals surface area (Å²) in [6, 6.07) is 5.58. The van der Waals surface area contributed by atoms with Crippen LogP contribution in [0.15, 0.2) is 18.2 Å². The molecule has 0 aromatic heterocycles. The van der Waals surface area contributed by atoms with Crippen molar-refractivity contribution >= 4 is 11.9 Å². The maximum absolute atomic E-state index is 12.9. The fourth-order valence-electron chi connectivity index (χ4n) is 4.32. The summed E-state index contributed by atoms with van der Waals surface area (Å²) in [5.74, 6) is 0.696. The number of urea groups is 1. The van der Waals surface area contributed by atoms with Crippen LogP contribution in [0, 0.1) is 6.92 Å². The summed E-state index contributed by atoms with van der Waals surface area (Å²) in [5.41, 5.74) is 0.928. The van der Waals surface area contributed by atoms with E-state index in [9.17, 15) is 9.59 Å². The van der Waals surface area contributed by atoms with E-state index in [1.807, 2.05) is 32.9 Å². The van der Waals surface area contributed by atoms with Gasteiger partial charge in [0.2, 0.25) is 5.91 Å². The summed E-state index contributed by atoms with van der Waals surface area (Å²) < 4.78 is 6.08. The minimum atomic E-state index is -0.812. The highest BCUT2D eigenvalue weighted by molar-refractivity contribution is 5.91. The first kappa shape index (κ1) is 19.5. The van der Waals surface area contributed by atoms with E-state index in [2.05, 4.69) is 22.0 Å². The van der Waals surface area contributed by atoms with Gasteiger partial charge in [0, 0.05) is 19.0 Å². The Kier molecular flexibility index (Phi) is 5.36. The highest BCUT2D eigenvalue weighted by Gasteiger charge is 2.41. The Morgan fingerprint density at radius 2 is 1.85 bits per heavy atom. The normalized spacial score (nSPS) is 22.7. The topological polar surface area (TPSA) is 79.5 Å². The molecule has 0 radical (unpaired) electrons. The number of aryl methyl sites for hydroxylation is 1. The molecule has 0 unspecified atom stereocenters. The van der Waals surface area contributed by atoms with Gasteiger partial charge in [0.25, 0.3) is 0 Å². The fourth-order valence-corrected chi connectivity index (χ4v) is 4.32. The minimum absolute atomic E-state index is 0.110. The molecule has 3 amide bonds. The Balaban J connectivity index is 1.79. The number of carbonyl (C=O) groups is 2. The number of carbonyl (C=O) groups excluding carboxylic acids is 2. The molecule has 1 atom stereocenters. The Labute approximate surface area is 161 Å². The molecular formula is C21H31N3O3. The van der Waals surface area contributed by atoms with Crippen molar-refractivity contribution in [2.45, 2.75) is 76.5 Å². The minimum Gasteiger partial charge on any atom is -0.487 e. The van der Waals surface area contributed by atoms with Crippen LogP contribution in [0.5, 0.6) is 5.75 Å². The molecule has 2 aliphatic rings. The molecule has 1 aliphatic heterocycles. The summed E-state index contributed by atoms with van der Waals surface area (Å²) in [6.45, 7) is 6.07. The monoisotopic (exact) mass is 373 g/mol. The number of nitrogens with one attached hydrogen (secondary N) is 3. The van der Waals surface area contributed by atoms with Crippen LogP contribution in [0.2, 0.25) is 0 Å². The summed E-state index contributed by atoms with van der Waals surface area (Å²) >= 11 is 0. The summed E-state index contributed by atoms with van der Waals surface area (Å²) in [6.07, 6.45) is 5.01. The lowest BCUT2D eigenvalue weighted by atomic mass is 9.81. The third-order valence-electron chi connectivity index (χ3n) is 5.65. The molecule has 3 N–H and O–H groups in total. The first-order valence-corrected chi connectivity index (χ1v) is 9.85. The highest BCUT2D eigenvalue weighted by Crippen LogP contribution is 2.40. The van der Waals surface area contributed by atoms with Gasteiger partial charge in [0.15, 0.2) is 0 Å². The predicted molar refractivity (Wildman–Crippen MR) is 105 cm³/mol. The molecule has 0 bridgehead atoms. The standard InChI is InChI=1S/C21H31N3O3/c1-14-8-9-17-15(12-14)16(13-20(2,3)27-17)23-19(26)24-21(18(25)22-4)10-6-5-7-11-21/h8-9,12,16H,5-7,10-11,13H2,1-4H3,(H,22,25)(H2,23,24,26)/t16-/m1/s1. The van der Waals surface area contributed by atoms with E-state index in [0.717, 1.165) is 36.1 Å². The number of hydrogen-bond acceptors (Lipinski definition) is 3. The zero-order valence-corrected chi connectivity index (χ0v) is 16.8. The first-order valence-electron chi connectivity index (χ1n) is 9.85. The van der Waals surface area contributed by atoms with Gasteiger partial charge in [-0.15, -0.1) is 0 Å². The van der Waals surface area contributed by atoms with Crippen LogP contribution in [-0.2, 0) is 4.79 Å². The summed E-state index contributed by atoms with van der Waals surface area (Å²) in [7, 11) is 1.62. The molecule has 1 saturated carbocycles. The van der Waals surface area contributed by atoms with Crippen LogP contribution in [0.25, 0.3) is 0 Å². The lowest BCUT2D eigenvalue weighted by molar-refractivity contribution is -0.128. The Hall–Kier alpha value is -2.24. The van der Waals surface area contributed by atoms with Gasteiger partial charge in [-0.1, -0.05) is 37.0 Å². The van der Waals surface area contributed by atoms with Crippen LogP contribution in [-0.4, -0.2) is 30.1 Å². The lowest BCUT2D eigenvalue weighted by Gasteiger charge is -2.40. The van der Waals surface area contributed by atoms with Crippen LogP contribution >= 0.6 is 0 Å². The van der Waals surface area contributed by atoms with Gasteiger partial charge in [-0.25, -0.2) is 4.79 Å². The van der Waals surface area contributed by atoms with Gasteiger partial charge in [-0.2, -0.15) is 0 Å². The Morgan fingerprint density at radius 1 is 1.15 bits per heavy atom. The number of likely N-dealkylation sites (N-methyl/N-ethyl adjacent to an activating group) is 1. The molecule has 1 aromatic carbocycles. The number of rotatable bonds is 3. The molecule has 1 heterocycles. The largest absolute Gasteiger partial charge is 0.487 e. The average Bonchev–Trinajstić information content (AvgIpc) is 2.61. The van der Waals surface area contributed by atoms with Crippen LogP contribution in [0.3, 0.4) is 0 Å².